The van der Waals surface area contributed by atoms with Crippen LogP contribution in [-0.4, -0.2) is 49.3 Å². The van der Waals surface area contributed by atoms with E-state index in [1.807, 2.05) is 26.0 Å². The Morgan fingerprint density at radius 3 is 2.46 bits per heavy atom. The smallest absolute Gasteiger partial charge is 0.276 e. The van der Waals surface area contributed by atoms with Gasteiger partial charge in [0.25, 0.3) is 5.91 Å². The van der Waals surface area contributed by atoms with E-state index in [9.17, 15) is 15.2 Å². The molecular formula is C18H27N4O2+. The average Bonchev–Trinajstić information content (AvgIpc) is 2.56. The van der Waals surface area contributed by atoms with Crippen molar-refractivity contribution in [2.24, 2.45) is 5.92 Å². The lowest BCUT2D eigenvalue weighted by Gasteiger charge is -2.34. The maximum Gasteiger partial charge on any atom is 0.276 e. The number of hydrogen-bond donors (Lipinski definition) is 3. The molecule has 1 aliphatic rings. The second kappa shape index (κ2) is 7.54. The Labute approximate surface area is 143 Å². The number of carbonyl (C=O) groups excluding carboxylic acids is 1. The number of phenolic OH excluding ortho intramolecular Hbond substituents is 1. The summed E-state index contributed by atoms with van der Waals surface area (Å²) in [6.45, 7) is 9.53. The van der Waals surface area contributed by atoms with E-state index < -0.39 is 5.54 Å². The number of rotatable bonds is 5. The van der Waals surface area contributed by atoms with Crippen LogP contribution in [0.4, 0.5) is 5.69 Å². The zero-order valence-corrected chi connectivity index (χ0v) is 14.7. The monoisotopic (exact) mass is 331 g/mol. The van der Waals surface area contributed by atoms with Crippen molar-refractivity contribution in [1.29, 1.82) is 5.26 Å². The number of nitriles is 1. The predicted molar refractivity (Wildman–Crippen MR) is 92.9 cm³/mol. The van der Waals surface area contributed by atoms with Crippen molar-refractivity contribution in [3.63, 3.8) is 0 Å². The lowest BCUT2D eigenvalue weighted by molar-refractivity contribution is -0.892. The molecule has 130 valence electrons. The minimum absolute atomic E-state index is 0.0628. The van der Waals surface area contributed by atoms with E-state index in [0.717, 1.165) is 31.9 Å². The number of benzene rings is 1. The Morgan fingerprint density at radius 2 is 1.96 bits per heavy atom. The van der Waals surface area contributed by atoms with Crippen molar-refractivity contribution >= 4 is 11.6 Å². The van der Waals surface area contributed by atoms with Crippen molar-refractivity contribution in [2.75, 3.05) is 37.6 Å². The molecule has 1 atom stereocenters. The number of quaternary nitrogens is 1. The van der Waals surface area contributed by atoms with Gasteiger partial charge in [-0.25, -0.2) is 0 Å². The van der Waals surface area contributed by atoms with Crippen LogP contribution in [0.1, 0.15) is 20.8 Å². The second-order valence-electron chi connectivity index (χ2n) is 6.95. The van der Waals surface area contributed by atoms with E-state index in [1.165, 1.54) is 4.90 Å². The summed E-state index contributed by atoms with van der Waals surface area (Å²) < 4.78 is 0. The summed E-state index contributed by atoms with van der Waals surface area (Å²) in [6.07, 6.45) is 0. The summed E-state index contributed by atoms with van der Waals surface area (Å²) in [5.74, 6) is 0.263. The second-order valence-corrected chi connectivity index (χ2v) is 6.95. The molecule has 1 aromatic carbocycles. The summed E-state index contributed by atoms with van der Waals surface area (Å²) in [5, 5.41) is 21.5. The van der Waals surface area contributed by atoms with E-state index in [2.05, 4.69) is 16.3 Å². The molecule has 1 amide bonds. The van der Waals surface area contributed by atoms with Gasteiger partial charge in [0, 0.05) is 5.69 Å². The Hall–Kier alpha value is -2.26. The molecule has 2 rings (SSSR count). The molecule has 0 radical (unpaired) electrons. The zero-order valence-electron chi connectivity index (χ0n) is 14.7. The third-order valence-corrected chi connectivity index (χ3v) is 4.88. The number of nitrogens with zero attached hydrogens (tertiary/aromatic N) is 2. The molecule has 3 N–H and O–H groups in total. The number of aromatic hydroxyl groups is 1. The molecule has 0 spiro atoms. The lowest BCUT2D eigenvalue weighted by atomic mass is 9.90. The Balaban J connectivity index is 1.83. The van der Waals surface area contributed by atoms with Crippen LogP contribution in [0.3, 0.4) is 0 Å². The molecule has 0 bridgehead atoms. The van der Waals surface area contributed by atoms with Crippen LogP contribution in [0.15, 0.2) is 24.3 Å². The standard InChI is InChI=1S/C18H26N4O2/c1-14(2)18(3,13-19)20-17(24)12-21-8-10-22(11-9-21)15-4-6-16(23)7-5-15/h4-7,14,23H,8-12H2,1-3H3,(H,20,24)/p+1/t18-/m1/s1. The predicted octanol–water partition coefficient (Wildman–Crippen LogP) is 0.152. The largest absolute Gasteiger partial charge is 0.508 e. The number of nitrogens with one attached hydrogen (secondary N) is 2. The molecule has 1 aromatic rings. The average molecular weight is 331 g/mol. The van der Waals surface area contributed by atoms with Gasteiger partial charge in [0.1, 0.15) is 11.3 Å². The molecule has 0 unspecified atom stereocenters. The van der Waals surface area contributed by atoms with E-state index in [1.54, 1.807) is 19.1 Å². The Kier molecular flexibility index (Phi) is 5.68. The number of phenols is 1. The van der Waals surface area contributed by atoms with Gasteiger partial charge in [-0.15, -0.1) is 0 Å². The Morgan fingerprint density at radius 1 is 1.38 bits per heavy atom. The van der Waals surface area contributed by atoms with E-state index >= 15 is 0 Å². The number of anilines is 1. The van der Waals surface area contributed by atoms with E-state index in [-0.39, 0.29) is 17.6 Å². The summed E-state index contributed by atoms with van der Waals surface area (Å²) >= 11 is 0. The van der Waals surface area contributed by atoms with Crippen LogP contribution in [0.2, 0.25) is 0 Å². The van der Waals surface area contributed by atoms with Crippen LogP contribution >= 0.6 is 0 Å². The zero-order chi connectivity index (χ0) is 17.7. The van der Waals surface area contributed by atoms with Gasteiger partial charge >= 0.3 is 0 Å². The van der Waals surface area contributed by atoms with Crippen LogP contribution in [0.25, 0.3) is 0 Å². The molecule has 1 saturated heterocycles. The highest BCUT2D eigenvalue weighted by atomic mass is 16.3. The molecule has 0 aromatic heterocycles. The fraction of sp³-hybridized carbons (Fsp3) is 0.556. The normalized spacial score (nSPS) is 18.0. The number of amides is 1. The summed E-state index contributed by atoms with van der Waals surface area (Å²) in [5.41, 5.74) is 0.276. The molecule has 24 heavy (non-hydrogen) atoms. The van der Waals surface area contributed by atoms with Gasteiger partial charge in [-0.1, -0.05) is 13.8 Å². The highest BCUT2D eigenvalue weighted by Gasteiger charge is 2.31. The fourth-order valence-electron chi connectivity index (χ4n) is 2.78. The first-order valence-corrected chi connectivity index (χ1v) is 8.44. The third kappa shape index (κ3) is 4.39. The van der Waals surface area contributed by atoms with Crippen molar-refractivity contribution < 1.29 is 14.8 Å². The van der Waals surface area contributed by atoms with Crippen molar-refractivity contribution in [2.45, 2.75) is 26.3 Å². The summed E-state index contributed by atoms with van der Waals surface area (Å²) in [4.78, 5) is 15.7. The van der Waals surface area contributed by atoms with Crippen LogP contribution in [-0.2, 0) is 4.79 Å². The first-order chi connectivity index (χ1) is 11.3. The van der Waals surface area contributed by atoms with Crippen LogP contribution in [0.5, 0.6) is 5.75 Å². The molecule has 0 aliphatic carbocycles. The summed E-state index contributed by atoms with van der Waals surface area (Å²) in [6, 6.07) is 9.41. The number of carbonyl (C=O) groups is 1. The highest BCUT2D eigenvalue weighted by Crippen LogP contribution is 2.18. The molecule has 1 heterocycles. The molecule has 1 fully saturated rings. The first kappa shape index (κ1) is 18.1. The maximum absolute atomic E-state index is 12.3. The van der Waals surface area contributed by atoms with Gasteiger partial charge in [-0.05, 0) is 37.1 Å². The van der Waals surface area contributed by atoms with Gasteiger partial charge in [-0.2, -0.15) is 5.26 Å². The van der Waals surface area contributed by atoms with Gasteiger partial charge < -0.3 is 20.2 Å². The highest BCUT2D eigenvalue weighted by molar-refractivity contribution is 5.78. The van der Waals surface area contributed by atoms with Gasteiger partial charge in [-0.3, -0.25) is 4.79 Å². The molecule has 6 heteroatoms. The minimum Gasteiger partial charge on any atom is -0.508 e. The van der Waals surface area contributed by atoms with Gasteiger partial charge in [0.15, 0.2) is 6.54 Å². The fourth-order valence-corrected chi connectivity index (χ4v) is 2.78. The van der Waals surface area contributed by atoms with Crippen molar-refractivity contribution in [3.05, 3.63) is 24.3 Å². The lowest BCUT2D eigenvalue weighted by Crippen LogP contribution is -3.16. The van der Waals surface area contributed by atoms with Gasteiger partial charge in [0.05, 0.1) is 32.2 Å². The van der Waals surface area contributed by atoms with Crippen molar-refractivity contribution in [3.8, 4) is 11.8 Å². The molecular weight excluding hydrogens is 304 g/mol. The van der Waals surface area contributed by atoms with Crippen molar-refractivity contribution in [1.82, 2.24) is 5.32 Å². The SMILES string of the molecule is CC(C)[C@@](C)(C#N)NC(=O)C[NH+]1CCN(c2ccc(O)cc2)CC1. The topological polar surface area (TPSA) is 80.8 Å². The molecule has 6 nitrogen and oxygen atoms in total. The van der Waals surface area contributed by atoms with Crippen LogP contribution < -0.4 is 15.1 Å². The quantitative estimate of drug-likeness (QED) is 0.718. The van der Waals surface area contributed by atoms with E-state index in [4.69, 9.17) is 0 Å². The molecule has 0 saturated carbocycles. The Bertz CT molecular complexity index is 600. The van der Waals surface area contributed by atoms with Gasteiger partial charge in [0.2, 0.25) is 0 Å². The minimum atomic E-state index is -0.815. The third-order valence-electron chi connectivity index (χ3n) is 4.88. The van der Waals surface area contributed by atoms with Crippen LogP contribution in [0, 0.1) is 17.2 Å². The van der Waals surface area contributed by atoms with E-state index in [0.29, 0.717) is 6.54 Å². The first-order valence-electron chi connectivity index (χ1n) is 8.44. The number of piperazine rings is 1. The molecule has 1 aliphatic heterocycles. The number of hydrogen-bond acceptors (Lipinski definition) is 4. The summed E-state index contributed by atoms with van der Waals surface area (Å²) in [7, 11) is 0. The maximum atomic E-state index is 12.3.